The number of amides is 1. The zero-order valence-corrected chi connectivity index (χ0v) is 14.6. The van der Waals surface area contributed by atoms with Gasteiger partial charge in [-0.25, -0.2) is 5.48 Å². The van der Waals surface area contributed by atoms with Gasteiger partial charge in [0.25, 0.3) is 5.91 Å². The minimum atomic E-state index is -0.671. The SMILES string of the molecule is O=C(NO)c1ccc2c(=O)[nH]c(=S)[n-]c2c1.[Rb+]. The van der Waals surface area contributed by atoms with E-state index in [1.165, 1.54) is 23.7 Å². The molecule has 0 radical (unpaired) electrons. The van der Waals surface area contributed by atoms with Crippen molar-refractivity contribution in [2.75, 3.05) is 0 Å². The standard InChI is InChI=1S/C9H7N3O3S.Rb/c13-7(12-15)4-1-2-5-6(3-4)10-9(16)11-8(5)14;/h1-3H,(H4,10,11,12,13,14,15,16);/q;+1/p-1. The third-order valence-electron chi connectivity index (χ3n) is 2.05. The van der Waals surface area contributed by atoms with Crippen LogP contribution in [0.1, 0.15) is 10.4 Å². The van der Waals surface area contributed by atoms with E-state index in [9.17, 15) is 9.59 Å². The Labute approximate surface area is 149 Å². The molecule has 0 aliphatic carbocycles. The number of hydroxylamine groups is 1. The maximum Gasteiger partial charge on any atom is 1.00 e. The van der Waals surface area contributed by atoms with Crippen molar-refractivity contribution < 1.29 is 68.2 Å². The van der Waals surface area contributed by atoms with Crippen LogP contribution in [0, 0.1) is 4.77 Å². The summed E-state index contributed by atoms with van der Waals surface area (Å²) < 4.78 is 0.0547. The molecule has 1 amide bonds. The minimum absolute atomic E-state index is 0. The van der Waals surface area contributed by atoms with Gasteiger partial charge in [-0.3, -0.25) is 14.8 Å². The second kappa shape index (κ2) is 6.12. The number of nitrogens with zero attached hydrogens (tertiary/aromatic N) is 1. The normalized spacial score (nSPS) is 9.71. The van der Waals surface area contributed by atoms with Crippen LogP contribution in [0.25, 0.3) is 10.9 Å². The predicted molar refractivity (Wildman–Crippen MR) is 58.0 cm³/mol. The van der Waals surface area contributed by atoms with Crippen molar-refractivity contribution >= 4 is 29.0 Å². The van der Waals surface area contributed by atoms with Gasteiger partial charge in [-0.05, 0) is 17.6 Å². The fraction of sp³-hybridized carbons (Fsp3) is 0. The van der Waals surface area contributed by atoms with Crippen LogP contribution < -0.4 is 74.2 Å². The van der Waals surface area contributed by atoms with Crippen LogP contribution in [0.15, 0.2) is 23.0 Å². The van der Waals surface area contributed by atoms with Crippen LogP contribution in [0.5, 0.6) is 0 Å². The topological polar surface area (TPSA) is 96.3 Å². The van der Waals surface area contributed by atoms with Crippen molar-refractivity contribution in [2.45, 2.75) is 0 Å². The molecule has 1 heterocycles. The molecular weight excluding hydrogens is 316 g/mol. The molecule has 2 rings (SSSR count). The summed E-state index contributed by atoms with van der Waals surface area (Å²) in [7, 11) is 0. The Balaban J connectivity index is 0.00000144. The number of hydrogen-bond donors (Lipinski definition) is 3. The summed E-state index contributed by atoms with van der Waals surface area (Å²) in [5, 5.41) is 8.80. The Bertz CT molecular complexity index is 679. The number of H-pyrrole nitrogens is 1. The summed E-state index contributed by atoms with van der Waals surface area (Å²) in [6.45, 7) is 0. The number of carbonyl (C=O) groups is 1. The van der Waals surface area contributed by atoms with E-state index >= 15 is 0 Å². The summed E-state index contributed by atoms with van der Waals surface area (Å²) in [6, 6.07) is 4.24. The molecule has 0 bridgehead atoms. The molecule has 0 unspecified atom stereocenters. The van der Waals surface area contributed by atoms with Gasteiger partial charge in [0.05, 0.1) is 0 Å². The second-order valence-electron chi connectivity index (χ2n) is 3.04. The number of nitrogens with one attached hydrogen (secondary N) is 2. The summed E-state index contributed by atoms with van der Waals surface area (Å²) in [6.07, 6.45) is 0. The van der Waals surface area contributed by atoms with E-state index < -0.39 is 5.91 Å². The third-order valence-corrected chi connectivity index (χ3v) is 2.24. The number of benzene rings is 1. The van der Waals surface area contributed by atoms with Gasteiger partial charge < -0.3 is 9.97 Å². The van der Waals surface area contributed by atoms with Gasteiger partial charge in [-0.2, -0.15) is 0 Å². The summed E-state index contributed by atoms with van der Waals surface area (Å²) in [5.74, 6) is -0.671. The molecule has 1 aromatic carbocycles. The number of aromatic nitrogens is 2. The molecule has 17 heavy (non-hydrogen) atoms. The first-order valence-corrected chi connectivity index (χ1v) is 4.68. The van der Waals surface area contributed by atoms with E-state index in [4.69, 9.17) is 17.4 Å². The van der Waals surface area contributed by atoms with E-state index in [1.54, 1.807) is 0 Å². The van der Waals surface area contributed by atoms with Gasteiger partial charge in [0.2, 0.25) is 0 Å². The molecule has 6 nitrogen and oxygen atoms in total. The molecule has 3 N–H and O–H groups in total. The van der Waals surface area contributed by atoms with E-state index in [1.807, 2.05) is 0 Å². The van der Waals surface area contributed by atoms with Crippen molar-refractivity contribution in [3.63, 3.8) is 0 Å². The Morgan fingerprint density at radius 1 is 1.47 bits per heavy atom. The van der Waals surface area contributed by atoms with Crippen molar-refractivity contribution in [1.29, 1.82) is 0 Å². The fourth-order valence-electron chi connectivity index (χ4n) is 1.32. The zero-order chi connectivity index (χ0) is 11.7. The van der Waals surface area contributed by atoms with Crippen molar-refractivity contribution in [2.24, 2.45) is 0 Å². The summed E-state index contributed by atoms with van der Waals surface area (Å²) >= 11 is 4.75. The average molecular weight is 322 g/mol. The maximum absolute atomic E-state index is 11.4. The smallest absolute Gasteiger partial charge is 0.426 e. The zero-order valence-electron chi connectivity index (χ0n) is 8.85. The van der Waals surface area contributed by atoms with Gasteiger partial charge in [-0.15, -0.1) is 0 Å². The Morgan fingerprint density at radius 3 is 2.82 bits per heavy atom. The predicted octanol–water partition coefficient (Wildman–Crippen LogP) is -2.66. The molecule has 0 saturated heterocycles. The van der Waals surface area contributed by atoms with E-state index in [2.05, 4.69) is 9.97 Å². The van der Waals surface area contributed by atoms with Crippen LogP contribution in [0.3, 0.4) is 0 Å². The maximum atomic E-state index is 11.4. The van der Waals surface area contributed by atoms with E-state index in [-0.39, 0.29) is 74.1 Å². The third kappa shape index (κ3) is 3.18. The Morgan fingerprint density at radius 2 is 2.18 bits per heavy atom. The molecule has 82 valence electrons. The van der Waals surface area contributed by atoms with Crippen LogP contribution in [-0.2, 0) is 0 Å². The van der Waals surface area contributed by atoms with Gasteiger partial charge in [-0.1, -0.05) is 18.3 Å². The molecule has 8 heteroatoms. The molecule has 0 aliphatic heterocycles. The Hall–Kier alpha value is -0.185. The van der Waals surface area contributed by atoms with Crippen molar-refractivity contribution in [3.05, 3.63) is 38.9 Å². The number of aromatic amines is 1. The largest absolute Gasteiger partial charge is 1.00 e. The Kier molecular flexibility index (Phi) is 5.36. The minimum Gasteiger partial charge on any atom is -0.426 e. The average Bonchev–Trinajstić information content (AvgIpc) is 2.27. The summed E-state index contributed by atoms with van der Waals surface area (Å²) in [5.41, 5.74) is 1.65. The molecule has 0 spiro atoms. The number of carbonyl (C=O) groups excluding carboxylic acids is 1. The fourth-order valence-corrected chi connectivity index (χ4v) is 1.51. The van der Waals surface area contributed by atoms with Crippen molar-refractivity contribution in [3.8, 4) is 0 Å². The van der Waals surface area contributed by atoms with Crippen LogP contribution in [0.2, 0.25) is 0 Å². The molecule has 0 atom stereocenters. The second-order valence-corrected chi connectivity index (χ2v) is 3.43. The van der Waals surface area contributed by atoms with Crippen LogP contribution >= 0.6 is 12.2 Å². The van der Waals surface area contributed by atoms with Crippen molar-refractivity contribution in [1.82, 2.24) is 15.4 Å². The van der Waals surface area contributed by atoms with Gasteiger partial charge in [0.1, 0.15) is 0 Å². The first kappa shape index (κ1) is 14.9. The molecular formula is C9H6N3O3RbS. The number of fused-ring (bicyclic) bond motifs is 1. The first-order chi connectivity index (χ1) is 7.61. The van der Waals surface area contributed by atoms with Gasteiger partial charge in [0.15, 0.2) is 5.56 Å². The summed E-state index contributed by atoms with van der Waals surface area (Å²) in [4.78, 5) is 28.8. The number of hydrogen-bond acceptors (Lipinski definition) is 4. The molecule has 0 saturated carbocycles. The first-order valence-electron chi connectivity index (χ1n) is 4.27. The monoisotopic (exact) mass is 321 g/mol. The molecule has 2 aromatic rings. The quantitative estimate of drug-likeness (QED) is 0.303. The van der Waals surface area contributed by atoms with Gasteiger partial charge >= 0.3 is 58.2 Å². The van der Waals surface area contributed by atoms with Crippen LogP contribution in [0.4, 0.5) is 0 Å². The molecule has 0 fully saturated rings. The van der Waals surface area contributed by atoms with Gasteiger partial charge in [0, 0.05) is 15.7 Å². The van der Waals surface area contributed by atoms with E-state index in [0.29, 0.717) is 10.9 Å². The molecule has 1 aromatic heterocycles. The number of rotatable bonds is 1. The molecule has 0 aliphatic rings. The van der Waals surface area contributed by atoms with E-state index in [0.717, 1.165) is 0 Å². The van der Waals surface area contributed by atoms with Crippen LogP contribution in [-0.4, -0.2) is 16.1 Å².